The van der Waals surface area contributed by atoms with Gasteiger partial charge in [-0.2, -0.15) is 0 Å². The topological polar surface area (TPSA) is 97.1 Å². The average Bonchev–Trinajstić information content (AvgIpc) is 2.52. The van der Waals surface area contributed by atoms with Crippen LogP contribution in [-0.2, 0) is 0 Å². The number of nitrogens with zero attached hydrogens (tertiary/aromatic N) is 1. The number of benzene rings is 1. The smallest absolute Gasteiger partial charge is 0.253 e. The molecule has 6 nitrogen and oxygen atoms in total. The van der Waals surface area contributed by atoms with Gasteiger partial charge in [0.1, 0.15) is 0 Å². The lowest BCUT2D eigenvalue weighted by Gasteiger charge is -2.08. The monoisotopic (exact) mass is 298 g/mol. The van der Waals surface area contributed by atoms with E-state index < -0.39 is 0 Å². The van der Waals surface area contributed by atoms with E-state index in [9.17, 15) is 9.59 Å². The number of hydrogen-bond acceptors (Lipinski definition) is 4. The molecule has 1 aromatic heterocycles. The SMILES string of the molecule is Cc1ccc(C(=O)NCCNC(=O)c2ccccc2N)cn1. The van der Waals surface area contributed by atoms with Gasteiger partial charge >= 0.3 is 0 Å². The number of anilines is 1. The Kier molecular flexibility index (Phi) is 5.08. The van der Waals surface area contributed by atoms with Crippen LogP contribution in [0.4, 0.5) is 5.69 Å². The van der Waals surface area contributed by atoms with Gasteiger partial charge in [0.15, 0.2) is 0 Å². The van der Waals surface area contributed by atoms with Crippen molar-refractivity contribution >= 4 is 17.5 Å². The normalized spacial score (nSPS) is 10.0. The number of nitrogens with one attached hydrogen (secondary N) is 2. The number of rotatable bonds is 5. The Morgan fingerprint density at radius 1 is 1.05 bits per heavy atom. The predicted molar refractivity (Wildman–Crippen MR) is 84.5 cm³/mol. The fourth-order valence-corrected chi connectivity index (χ4v) is 1.86. The summed E-state index contributed by atoms with van der Waals surface area (Å²) in [6.07, 6.45) is 1.52. The van der Waals surface area contributed by atoms with Crippen LogP contribution < -0.4 is 16.4 Å². The summed E-state index contributed by atoms with van der Waals surface area (Å²) >= 11 is 0. The van der Waals surface area contributed by atoms with Gasteiger partial charge in [0.05, 0.1) is 11.1 Å². The summed E-state index contributed by atoms with van der Waals surface area (Å²) < 4.78 is 0. The number of nitrogens with two attached hydrogens (primary N) is 1. The number of amides is 2. The molecule has 0 radical (unpaired) electrons. The Balaban J connectivity index is 1.77. The molecule has 0 saturated carbocycles. The molecule has 1 aromatic carbocycles. The molecule has 2 rings (SSSR count). The molecule has 22 heavy (non-hydrogen) atoms. The molecule has 0 spiro atoms. The van der Waals surface area contributed by atoms with Gasteiger partial charge < -0.3 is 16.4 Å². The van der Waals surface area contributed by atoms with Gasteiger partial charge in [0.2, 0.25) is 0 Å². The highest BCUT2D eigenvalue weighted by Crippen LogP contribution is 2.09. The fourth-order valence-electron chi connectivity index (χ4n) is 1.86. The van der Waals surface area contributed by atoms with E-state index in [1.165, 1.54) is 6.20 Å². The zero-order chi connectivity index (χ0) is 15.9. The fraction of sp³-hybridized carbons (Fsp3) is 0.188. The van der Waals surface area contributed by atoms with Crippen LogP contribution in [0.1, 0.15) is 26.4 Å². The second-order valence-electron chi connectivity index (χ2n) is 4.79. The summed E-state index contributed by atoms with van der Waals surface area (Å²) in [5.74, 6) is -0.481. The molecule has 2 amide bonds. The minimum absolute atomic E-state index is 0.221. The molecule has 0 atom stereocenters. The third kappa shape index (κ3) is 4.05. The van der Waals surface area contributed by atoms with Crippen molar-refractivity contribution in [2.45, 2.75) is 6.92 Å². The van der Waals surface area contributed by atoms with Crippen LogP contribution in [0.5, 0.6) is 0 Å². The molecular formula is C16H18N4O2. The number of aryl methyl sites for hydroxylation is 1. The molecular weight excluding hydrogens is 280 g/mol. The van der Waals surface area contributed by atoms with E-state index in [1.807, 2.05) is 6.92 Å². The van der Waals surface area contributed by atoms with Crippen molar-refractivity contribution in [3.63, 3.8) is 0 Å². The first kappa shape index (κ1) is 15.5. The molecule has 0 saturated heterocycles. The maximum atomic E-state index is 11.9. The number of nitrogen functional groups attached to an aromatic ring is 1. The summed E-state index contributed by atoms with van der Waals surface area (Å²) in [4.78, 5) is 27.8. The first-order valence-corrected chi connectivity index (χ1v) is 6.91. The van der Waals surface area contributed by atoms with E-state index in [2.05, 4.69) is 15.6 Å². The molecule has 114 valence electrons. The van der Waals surface area contributed by atoms with Gasteiger partial charge in [0.25, 0.3) is 11.8 Å². The third-order valence-electron chi connectivity index (χ3n) is 3.08. The zero-order valence-electron chi connectivity index (χ0n) is 12.3. The van der Waals surface area contributed by atoms with E-state index in [0.29, 0.717) is 29.9 Å². The summed E-state index contributed by atoms with van der Waals surface area (Å²) in [6.45, 7) is 2.50. The Morgan fingerprint density at radius 2 is 1.73 bits per heavy atom. The van der Waals surface area contributed by atoms with E-state index in [1.54, 1.807) is 36.4 Å². The molecule has 0 bridgehead atoms. The number of hydrogen-bond donors (Lipinski definition) is 3. The molecule has 4 N–H and O–H groups in total. The average molecular weight is 298 g/mol. The molecule has 2 aromatic rings. The highest BCUT2D eigenvalue weighted by molar-refractivity contribution is 5.99. The third-order valence-corrected chi connectivity index (χ3v) is 3.08. The largest absolute Gasteiger partial charge is 0.398 e. The summed E-state index contributed by atoms with van der Waals surface area (Å²) in [5, 5.41) is 5.42. The molecule has 0 aliphatic carbocycles. The van der Waals surface area contributed by atoms with E-state index in [-0.39, 0.29) is 11.8 Å². The van der Waals surface area contributed by atoms with Crippen LogP contribution in [0.2, 0.25) is 0 Å². The number of carbonyl (C=O) groups is 2. The van der Waals surface area contributed by atoms with Gasteiger partial charge in [0, 0.05) is 30.7 Å². The van der Waals surface area contributed by atoms with Crippen molar-refractivity contribution in [2.24, 2.45) is 0 Å². The number of para-hydroxylation sites is 1. The van der Waals surface area contributed by atoms with E-state index in [0.717, 1.165) is 5.69 Å². The highest BCUT2D eigenvalue weighted by Gasteiger charge is 2.08. The van der Waals surface area contributed by atoms with Crippen molar-refractivity contribution in [3.05, 3.63) is 59.4 Å². The molecule has 1 heterocycles. The van der Waals surface area contributed by atoms with Crippen LogP contribution in [0.25, 0.3) is 0 Å². The van der Waals surface area contributed by atoms with Gasteiger partial charge in [-0.1, -0.05) is 12.1 Å². The summed E-state index contributed by atoms with van der Waals surface area (Å²) in [7, 11) is 0. The Morgan fingerprint density at radius 3 is 2.36 bits per heavy atom. The van der Waals surface area contributed by atoms with Gasteiger partial charge in [-0.05, 0) is 31.2 Å². The second kappa shape index (κ2) is 7.21. The van der Waals surface area contributed by atoms with E-state index >= 15 is 0 Å². The Bertz CT molecular complexity index is 668. The van der Waals surface area contributed by atoms with Gasteiger partial charge in [-0.25, -0.2) is 0 Å². The van der Waals surface area contributed by atoms with E-state index in [4.69, 9.17) is 5.73 Å². The number of carbonyl (C=O) groups excluding carboxylic acids is 2. The minimum atomic E-state index is -0.260. The lowest BCUT2D eigenvalue weighted by Crippen LogP contribution is -2.35. The van der Waals surface area contributed by atoms with Crippen LogP contribution in [0.15, 0.2) is 42.6 Å². The highest BCUT2D eigenvalue weighted by atomic mass is 16.2. The van der Waals surface area contributed by atoms with Crippen LogP contribution >= 0.6 is 0 Å². The number of aromatic nitrogens is 1. The standard InChI is InChI=1S/C16H18N4O2/c1-11-6-7-12(10-20-11)15(21)18-8-9-19-16(22)13-4-2-3-5-14(13)17/h2-7,10H,8-9,17H2,1H3,(H,18,21)(H,19,22). The maximum absolute atomic E-state index is 11.9. The molecule has 0 aliphatic rings. The van der Waals surface area contributed by atoms with Crippen LogP contribution in [-0.4, -0.2) is 29.9 Å². The Labute approximate surface area is 128 Å². The molecule has 0 fully saturated rings. The minimum Gasteiger partial charge on any atom is -0.398 e. The number of pyridine rings is 1. The molecule has 6 heteroatoms. The van der Waals surface area contributed by atoms with Gasteiger partial charge in [-0.3, -0.25) is 14.6 Å². The van der Waals surface area contributed by atoms with Crippen LogP contribution in [0, 0.1) is 6.92 Å². The first-order chi connectivity index (χ1) is 10.6. The Hall–Kier alpha value is -2.89. The summed E-state index contributed by atoms with van der Waals surface area (Å²) in [5.41, 5.74) is 7.92. The van der Waals surface area contributed by atoms with Crippen molar-refractivity contribution in [3.8, 4) is 0 Å². The van der Waals surface area contributed by atoms with Crippen molar-refractivity contribution in [1.29, 1.82) is 0 Å². The first-order valence-electron chi connectivity index (χ1n) is 6.91. The van der Waals surface area contributed by atoms with Gasteiger partial charge in [-0.15, -0.1) is 0 Å². The molecule has 0 unspecified atom stereocenters. The second-order valence-corrected chi connectivity index (χ2v) is 4.79. The van der Waals surface area contributed by atoms with Crippen molar-refractivity contribution in [1.82, 2.24) is 15.6 Å². The zero-order valence-corrected chi connectivity index (χ0v) is 12.3. The maximum Gasteiger partial charge on any atom is 0.253 e. The lowest BCUT2D eigenvalue weighted by molar-refractivity contribution is 0.0928. The van der Waals surface area contributed by atoms with Crippen LogP contribution in [0.3, 0.4) is 0 Å². The molecule has 0 aliphatic heterocycles. The van der Waals surface area contributed by atoms with Crippen molar-refractivity contribution < 1.29 is 9.59 Å². The lowest BCUT2D eigenvalue weighted by atomic mass is 10.1. The predicted octanol–water partition coefficient (Wildman–Crippen LogP) is 1.13. The van der Waals surface area contributed by atoms with Crippen molar-refractivity contribution in [2.75, 3.05) is 18.8 Å². The summed E-state index contributed by atoms with van der Waals surface area (Å²) in [6, 6.07) is 10.3. The quantitative estimate of drug-likeness (QED) is 0.569.